The van der Waals surface area contributed by atoms with Gasteiger partial charge in [-0.25, -0.2) is 8.42 Å². The Morgan fingerprint density at radius 1 is 1.45 bits per heavy atom. The van der Waals surface area contributed by atoms with E-state index in [9.17, 15) is 13.2 Å². The van der Waals surface area contributed by atoms with Crippen molar-refractivity contribution in [3.63, 3.8) is 0 Å². The standard InChI is InChI=1S/C11H10ClN3O4S/c1-19-9-4-8(2-3-10(9)20(12,17)18)15-11(16)7-5-13-14-6-7/h2-6H,1H3,(H,13,14)(H,15,16). The Morgan fingerprint density at radius 2 is 2.20 bits per heavy atom. The number of nitrogens with zero attached hydrogens (tertiary/aromatic N) is 1. The van der Waals surface area contributed by atoms with Crippen molar-refractivity contribution in [1.29, 1.82) is 0 Å². The molecule has 0 aliphatic carbocycles. The maximum atomic E-state index is 11.8. The fraction of sp³-hybridized carbons (Fsp3) is 0.0909. The van der Waals surface area contributed by atoms with Gasteiger partial charge in [-0.1, -0.05) is 0 Å². The van der Waals surface area contributed by atoms with Gasteiger partial charge >= 0.3 is 0 Å². The van der Waals surface area contributed by atoms with Crippen LogP contribution in [0.3, 0.4) is 0 Å². The molecular weight excluding hydrogens is 306 g/mol. The first-order chi connectivity index (χ1) is 9.41. The number of nitrogens with one attached hydrogen (secondary N) is 2. The molecule has 106 valence electrons. The number of aromatic amines is 1. The lowest BCUT2D eigenvalue weighted by Gasteiger charge is -2.09. The molecule has 0 saturated heterocycles. The summed E-state index contributed by atoms with van der Waals surface area (Å²) in [5.41, 5.74) is 0.718. The lowest BCUT2D eigenvalue weighted by molar-refractivity contribution is 0.102. The Balaban J connectivity index is 2.29. The van der Waals surface area contributed by atoms with E-state index in [-0.39, 0.29) is 16.6 Å². The molecule has 1 heterocycles. The second-order valence-electron chi connectivity index (χ2n) is 3.74. The molecule has 0 unspecified atom stereocenters. The topological polar surface area (TPSA) is 101 Å². The van der Waals surface area contributed by atoms with Crippen molar-refractivity contribution in [3.8, 4) is 5.75 Å². The van der Waals surface area contributed by atoms with Crippen molar-refractivity contribution in [2.24, 2.45) is 0 Å². The van der Waals surface area contributed by atoms with Crippen molar-refractivity contribution in [3.05, 3.63) is 36.2 Å². The van der Waals surface area contributed by atoms with Crippen molar-refractivity contribution in [2.45, 2.75) is 4.90 Å². The highest BCUT2D eigenvalue weighted by Gasteiger charge is 2.17. The number of carbonyl (C=O) groups excluding carboxylic acids is 1. The summed E-state index contributed by atoms with van der Waals surface area (Å²) in [6.07, 6.45) is 2.80. The molecule has 2 N–H and O–H groups in total. The van der Waals surface area contributed by atoms with E-state index in [1.165, 1.54) is 37.7 Å². The molecule has 0 spiro atoms. The molecule has 0 fully saturated rings. The summed E-state index contributed by atoms with van der Waals surface area (Å²) in [7, 11) is 2.67. The first-order valence-corrected chi connectivity index (χ1v) is 7.65. The number of anilines is 1. The maximum Gasteiger partial charge on any atom is 0.264 e. The summed E-state index contributed by atoms with van der Waals surface area (Å²) in [5, 5.41) is 8.75. The summed E-state index contributed by atoms with van der Waals surface area (Å²) >= 11 is 0. The zero-order valence-electron chi connectivity index (χ0n) is 10.3. The lowest BCUT2D eigenvalue weighted by Crippen LogP contribution is -2.11. The highest BCUT2D eigenvalue weighted by molar-refractivity contribution is 8.13. The molecule has 2 aromatic rings. The average molecular weight is 316 g/mol. The molecule has 1 aromatic carbocycles. The van der Waals surface area contributed by atoms with Crippen LogP contribution in [0.25, 0.3) is 0 Å². The minimum Gasteiger partial charge on any atom is -0.495 e. The van der Waals surface area contributed by atoms with Crippen LogP contribution in [0.5, 0.6) is 5.75 Å². The van der Waals surface area contributed by atoms with Crippen LogP contribution < -0.4 is 10.1 Å². The summed E-state index contributed by atoms with van der Waals surface area (Å²) in [6.45, 7) is 0. The predicted molar refractivity (Wildman–Crippen MR) is 72.6 cm³/mol. The van der Waals surface area contributed by atoms with Crippen LogP contribution in [0.2, 0.25) is 0 Å². The van der Waals surface area contributed by atoms with E-state index >= 15 is 0 Å². The van der Waals surface area contributed by atoms with Crippen LogP contribution in [0.4, 0.5) is 5.69 Å². The summed E-state index contributed by atoms with van der Waals surface area (Å²) in [6, 6.07) is 4.04. The number of benzene rings is 1. The van der Waals surface area contributed by atoms with E-state index in [1.807, 2.05) is 0 Å². The van der Waals surface area contributed by atoms with Crippen LogP contribution in [0.1, 0.15) is 10.4 Å². The molecule has 0 aliphatic rings. The normalized spacial score (nSPS) is 11.1. The van der Waals surface area contributed by atoms with Crippen molar-refractivity contribution in [2.75, 3.05) is 12.4 Å². The number of aromatic nitrogens is 2. The molecule has 0 aliphatic heterocycles. The van der Waals surface area contributed by atoms with E-state index in [0.717, 1.165) is 0 Å². The van der Waals surface area contributed by atoms with Gasteiger partial charge in [0.1, 0.15) is 10.6 Å². The summed E-state index contributed by atoms with van der Waals surface area (Å²) < 4.78 is 27.6. The molecule has 0 bridgehead atoms. The number of hydrogen-bond donors (Lipinski definition) is 2. The second kappa shape index (κ2) is 5.51. The highest BCUT2D eigenvalue weighted by atomic mass is 35.7. The van der Waals surface area contributed by atoms with Crippen LogP contribution in [-0.2, 0) is 9.05 Å². The lowest BCUT2D eigenvalue weighted by atomic mass is 10.2. The Labute approximate surface area is 119 Å². The molecule has 7 nitrogen and oxygen atoms in total. The fourth-order valence-electron chi connectivity index (χ4n) is 1.53. The third-order valence-corrected chi connectivity index (χ3v) is 3.81. The minimum atomic E-state index is -3.91. The van der Waals surface area contributed by atoms with Crippen molar-refractivity contribution < 1.29 is 17.9 Å². The second-order valence-corrected chi connectivity index (χ2v) is 6.28. The fourth-order valence-corrected chi connectivity index (χ4v) is 2.52. The van der Waals surface area contributed by atoms with E-state index < -0.39 is 9.05 Å². The van der Waals surface area contributed by atoms with Crippen LogP contribution >= 0.6 is 10.7 Å². The smallest absolute Gasteiger partial charge is 0.264 e. The monoisotopic (exact) mass is 315 g/mol. The number of H-pyrrole nitrogens is 1. The van der Waals surface area contributed by atoms with E-state index in [0.29, 0.717) is 11.3 Å². The number of rotatable bonds is 4. The Kier molecular flexibility index (Phi) is 3.96. The van der Waals surface area contributed by atoms with Gasteiger partial charge in [0.25, 0.3) is 15.0 Å². The van der Waals surface area contributed by atoms with Gasteiger partial charge in [-0.15, -0.1) is 0 Å². The predicted octanol–water partition coefficient (Wildman–Crippen LogP) is 1.60. The third-order valence-electron chi connectivity index (χ3n) is 2.44. The first-order valence-electron chi connectivity index (χ1n) is 5.34. The van der Waals surface area contributed by atoms with Crippen LogP contribution in [0, 0.1) is 0 Å². The van der Waals surface area contributed by atoms with E-state index in [4.69, 9.17) is 15.4 Å². The van der Waals surface area contributed by atoms with Crippen LogP contribution in [-0.4, -0.2) is 31.6 Å². The van der Waals surface area contributed by atoms with Crippen molar-refractivity contribution >= 4 is 31.3 Å². The van der Waals surface area contributed by atoms with Gasteiger partial charge in [0.05, 0.1) is 18.9 Å². The SMILES string of the molecule is COc1cc(NC(=O)c2cn[nH]c2)ccc1S(=O)(=O)Cl. The molecule has 0 saturated carbocycles. The van der Waals surface area contributed by atoms with E-state index in [2.05, 4.69) is 15.5 Å². The van der Waals surface area contributed by atoms with Crippen LogP contribution in [0.15, 0.2) is 35.5 Å². The third kappa shape index (κ3) is 3.09. The maximum absolute atomic E-state index is 11.8. The number of amides is 1. The summed E-state index contributed by atoms with van der Waals surface area (Å²) in [5.74, 6) is -0.340. The molecule has 20 heavy (non-hydrogen) atoms. The molecule has 0 radical (unpaired) electrons. The zero-order chi connectivity index (χ0) is 14.8. The number of hydrogen-bond acceptors (Lipinski definition) is 5. The van der Waals surface area contributed by atoms with Gasteiger partial charge < -0.3 is 10.1 Å². The zero-order valence-corrected chi connectivity index (χ0v) is 11.8. The van der Waals surface area contributed by atoms with Gasteiger partial charge in [-0.05, 0) is 12.1 Å². The molecule has 1 amide bonds. The van der Waals surface area contributed by atoms with Gasteiger partial charge in [-0.3, -0.25) is 9.89 Å². The number of ether oxygens (including phenoxy) is 1. The number of halogens is 1. The van der Waals surface area contributed by atoms with Gasteiger partial charge in [0.15, 0.2) is 0 Å². The summed E-state index contributed by atoms with van der Waals surface area (Å²) in [4.78, 5) is 11.6. The van der Waals surface area contributed by atoms with Gasteiger partial charge in [-0.2, -0.15) is 5.10 Å². The number of methoxy groups -OCH3 is 1. The molecular formula is C11H10ClN3O4S. The Bertz CT molecular complexity index is 728. The molecule has 0 atom stereocenters. The highest BCUT2D eigenvalue weighted by Crippen LogP contribution is 2.29. The van der Waals surface area contributed by atoms with E-state index in [1.54, 1.807) is 0 Å². The van der Waals surface area contributed by atoms with Crippen molar-refractivity contribution in [1.82, 2.24) is 10.2 Å². The van der Waals surface area contributed by atoms with Gasteiger partial charge in [0, 0.05) is 28.6 Å². The quantitative estimate of drug-likeness (QED) is 0.834. The largest absolute Gasteiger partial charge is 0.495 e. The molecule has 2 rings (SSSR count). The van der Waals surface area contributed by atoms with Gasteiger partial charge in [0.2, 0.25) is 0 Å². The molecule has 1 aromatic heterocycles. The Hall–Kier alpha value is -2.06. The number of carbonyl (C=O) groups is 1. The molecule has 9 heteroatoms. The average Bonchev–Trinajstić information content (AvgIpc) is 2.91. The Morgan fingerprint density at radius 3 is 2.75 bits per heavy atom. The minimum absolute atomic E-state index is 0.0463. The first kappa shape index (κ1) is 14.4.